The average Bonchev–Trinajstić information content (AvgIpc) is 2.27. The van der Waals surface area contributed by atoms with Crippen molar-refractivity contribution in [3.05, 3.63) is 41.7 Å². The van der Waals surface area contributed by atoms with E-state index in [2.05, 4.69) is 58.8 Å². The molecule has 0 N–H and O–H groups in total. The van der Waals surface area contributed by atoms with Gasteiger partial charge in [-0.25, -0.2) is 0 Å². The van der Waals surface area contributed by atoms with Crippen LogP contribution < -0.4 is 0 Å². The number of rotatable bonds is 4. The van der Waals surface area contributed by atoms with E-state index in [-0.39, 0.29) is 5.41 Å². The van der Waals surface area contributed by atoms with E-state index in [0.717, 1.165) is 17.0 Å². The quantitative estimate of drug-likeness (QED) is 0.734. The van der Waals surface area contributed by atoms with Crippen molar-refractivity contribution in [2.75, 3.05) is 0 Å². The summed E-state index contributed by atoms with van der Waals surface area (Å²) in [6.45, 7) is 18.7. The van der Waals surface area contributed by atoms with E-state index in [1.54, 1.807) is 6.08 Å². The van der Waals surface area contributed by atoms with Crippen LogP contribution in [0.25, 0.3) is 12.2 Å². The lowest BCUT2D eigenvalue weighted by atomic mass is 9.74. The summed E-state index contributed by atoms with van der Waals surface area (Å²) in [5.41, 5.74) is 4.49. The van der Waals surface area contributed by atoms with Gasteiger partial charge in [0.2, 0.25) is 0 Å². The van der Waals surface area contributed by atoms with Crippen LogP contribution >= 0.6 is 0 Å². The summed E-state index contributed by atoms with van der Waals surface area (Å²) in [6.07, 6.45) is 3.64. The standard InChI is InChI=1S/C16H23N/c1-8-13-10-14(16(6,7)11(3)4)12(5)17-15(13)9-2/h8-11H,1-2H2,3-7H3. The molecule has 17 heavy (non-hydrogen) atoms. The summed E-state index contributed by atoms with van der Waals surface area (Å²) < 4.78 is 0. The molecule has 0 amide bonds. The highest BCUT2D eigenvalue weighted by atomic mass is 14.7. The largest absolute Gasteiger partial charge is 0.253 e. The molecule has 1 nitrogen and oxygen atoms in total. The fourth-order valence-electron chi connectivity index (χ4n) is 1.93. The molecule has 1 heteroatoms. The summed E-state index contributed by atoms with van der Waals surface area (Å²) in [6, 6.07) is 2.20. The van der Waals surface area contributed by atoms with Gasteiger partial charge < -0.3 is 0 Å². The SMILES string of the molecule is C=Cc1cc(C(C)(C)C(C)C)c(C)nc1C=C. The van der Waals surface area contributed by atoms with Crippen LogP contribution in [0.3, 0.4) is 0 Å². The van der Waals surface area contributed by atoms with Gasteiger partial charge in [-0.2, -0.15) is 0 Å². The molecule has 0 aliphatic carbocycles. The topological polar surface area (TPSA) is 12.9 Å². The Bertz CT molecular complexity index is 439. The Morgan fingerprint density at radius 2 is 1.82 bits per heavy atom. The number of aryl methyl sites for hydroxylation is 1. The smallest absolute Gasteiger partial charge is 0.0699 e. The summed E-state index contributed by atoms with van der Waals surface area (Å²) in [5.74, 6) is 0.565. The van der Waals surface area contributed by atoms with Crippen LogP contribution in [0.4, 0.5) is 0 Å². The maximum Gasteiger partial charge on any atom is 0.0699 e. The van der Waals surface area contributed by atoms with Gasteiger partial charge in [0, 0.05) is 5.69 Å². The third-order valence-corrected chi connectivity index (χ3v) is 3.82. The highest BCUT2D eigenvalue weighted by molar-refractivity contribution is 5.62. The lowest BCUT2D eigenvalue weighted by molar-refractivity contribution is 0.369. The van der Waals surface area contributed by atoms with Crippen LogP contribution in [-0.4, -0.2) is 4.98 Å². The predicted octanol–water partition coefficient (Wildman–Crippen LogP) is 4.61. The van der Waals surface area contributed by atoms with Crippen molar-refractivity contribution >= 4 is 12.2 Å². The van der Waals surface area contributed by atoms with E-state index < -0.39 is 0 Å². The second-order valence-corrected chi connectivity index (χ2v) is 5.38. The van der Waals surface area contributed by atoms with Gasteiger partial charge in [0.05, 0.1) is 5.69 Å². The van der Waals surface area contributed by atoms with E-state index >= 15 is 0 Å². The molecular weight excluding hydrogens is 206 g/mol. The number of nitrogens with zero attached hydrogens (tertiary/aromatic N) is 1. The molecule has 0 aliphatic rings. The van der Waals surface area contributed by atoms with Crippen molar-refractivity contribution in [2.24, 2.45) is 5.92 Å². The van der Waals surface area contributed by atoms with Crippen molar-refractivity contribution in [1.82, 2.24) is 4.98 Å². The van der Waals surface area contributed by atoms with Crippen LogP contribution in [-0.2, 0) is 5.41 Å². The predicted molar refractivity (Wildman–Crippen MR) is 77.0 cm³/mol. The Kier molecular flexibility index (Phi) is 3.92. The zero-order valence-electron chi connectivity index (χ0n) is 11.7. The van der Waals surface area contributed by atoms with Gasteiger partial charge in [-0.1, -0.05) is 46.9 Å². The molecule has 0 aromatic carbocycles. The monoisotopic (exact) mass is 229 g/mol. The van der Waals surface area contributed by atoms with Gasteiger partial charge in [0.1, 0.15) is 0 Å². The van der Waals surface area contributed by atoms with E-state index in [1.807, 2.05) is 6.08 Å². The molecule has 0 aliphatic heterocycles. The van der Waals surface area contributed by atoms with Crippen molar-refractivity contribution in [3.63, 3.8) is 0 Å². The first-order valence-corrected chi connectivity index (χ1v) is 6.11. The highest BCUT2D eigenvalue weighted by Crippen LogP contribution is 2.34. The van der Waals surface area contributed by atoms with Gasteiger partial charge in [-0.3, -0.25) is 4.98 Å². The maximum absolute atomic E-state index is 4.62. The molecule has 1 rings (SSSR count). The van der Waals surface area contributed by atoms with Gasteiger partial charge in [0.25, 0.3) is 0 Å². The Morgan fingerprint density at radius 1 is 1.24 bits per heavy atom. The summed E-state index contributed by atoms with van der Waals surface area (Å²) in [5, 5.41) is 0. The lowest BCUT2D eigenvalue weighted by Crippen LogP contribution is -2.26. The molecule has 0 spiro atoms. The Morgan fingerprint density at radius 3 is 2.24 bits per heavy atom. The zero-order valence-corrected chi connectivity index (χ0v) is 11.7. The van der Waals surface area contributed by atoms with Gasteiger partial charge in [-0.05, 0) is 41.5 Å². The molecule has 1 heterocycles. The molecule has 0 radical (unpaired) electrons. The third kappa shape index (κ3) is 2.49. The highest BCUT2D eigenvalue weighted by Gasteiger charge is 2.27. The Balaban J connectivity index is 3.46. The molecule has 0 unspecified atom stereocenters. The first kappa shape index (κ1) is 13.7. The second kappa shape index (κ2) is 4.87. The minimum absolute atomic E-state index is 0.120. The molecular formula is C16H23N. The molecule has 0 bridgehead atoms. The molecule has 0 atom stereocenters. The van der Waals surface area contributed by atoms with Gasteiger partial charge in [-0.15, -0.1) is 0 Å². The van der Waals surface area contributed by atoms with Crippen LogP contribution in [0.15, 0.2) is 19.2 Å². The molecule has 0 fully saturated rings. The molecule has 1 aromatic rings. The summed E-state index contributed by atoms with van der Waals surface area (Å²) in [4.78, 5) is 4.62. The van der Waals surface area contributed by atoms with E-state index in [1.165, 1.54) is 5.56 Å². The molecule has 0 saturated heterocycles. The number of aromatic nitrogens is 1. The molecule has 1 aromatic heterocycles. The van der Waals surface area contributed by atoms with Crippen molar-refractivity contribution in [1.29, 1.82) is 0 Å². The maximum atomic E-state index is 4.62. The first-order valence-electron chi connectivity index (χ1n) is 6.11. The third-order valence-electron chi connectivity index (χ3n) is 3.82. The number of hydrogen-bond donors (Lipinski definition) is 0. The summed E-state index contributed by atoms with van der Waals surface area (Å²) in [7, 11) is 0. The fraction of sp³-hybridized carbons (Fsp3) is 0.438. The van der Waals surface area contributed by atoms with E-state index in [4.69, 9.17) is 0 Å². The van der Waals surface area contributed by atoms with Crippen molar-refractivity contribution in [2.45, 2.75) is 40.0 Å². The van der Waals surface area contributed by atoms with Crippen LogP contribution in [0.2, 0.25) is 0 Å². The van der Waals surface area contributed by atoms with E-state index in [9.17, 15) is 0 Å². The van der Waals surface area contributed by atoms with Crippen molar-refractivity contribution < 1.29 is 0 Å². The van der Waals surface area contributed by atoms with E-state index in [0.29, 0.717) is 5.92 Å². The molecule has 0 saturated carbocycles. The van der Waals surface area contributed by atoms with Gasteiger partial charge in [0.15, 0.2) is 0 Å². The normalized spacial score (nSPS) is 11.6. The Hall–Kier alpha value is -1.37. The first-order chi connectivity index (χ1) is 7.84. The molecule has 92 valence electrons. The fourth-order valence-corrected chi connectivity index (χ4v) is 1.93. The number of hydrogen-bond acceptors (Lipinski definition) is 1. The van der Waals surface area contributed by atoms with Gasteiger partial charge >= 0.3 is 0 Å². The van der Waals surface area contributed by atoms with Crippen molar-refractivity contribution in [3.8, 4) is 0 Å². The van der Waals surface area contributed by atoms with Crippen LogP contribution in [0.5, 0.6) is 0 Å². The summed E-state index contributed by atoms with van der Waals surface area (Å²) >= 11 is 0. The average molecular weight is 229 g/mol. The van der Waals surface area contributed by atoms with Crippen LogP contribution in [0.1, 0.15) is 50.2 Å². The minimum Gasteiger partial charge on any atom is -0.253 e. The number of pyridine rings is 1. The second-order valence-electron chi connectivity index (χ2n) is 5.38. The van der Waals surface area contributed by atoms with Crippen LogP contribution in [0, 0.1) is 12.8 Å². The lowest BCUT2D eigenvalue weighted by Gasteiger charge is -2.31. The Labute approximate surface area is 105 Å². The minimum atomic E-state index is 0.120. The zero-order chi connectivity index (χ0) is 13.2.